The molecule has 3 N–H and O–H groups in total. The number of amides is 3. The quantitative estimate of drug-likeness (QED) is 0.557. The van der Waals surface area contributed by atoms with Gasteiger partial charge in [0, 0.05) is 13.0 Å². The fourth-order valence-electron chi connectivity index (χ4n) is 2.11. The summed E-state index contributed by atoms with van der Waals surface area (Å²) in [7, 11) is 0. The highest BCUT2D eigenvalue weighted by atomic mass is 16.5. The van der Waals surface area contributed by atoms with Gasteiger partial charge < -0.3 is 14.9 Å². The molecule has 0 bridgehead atoms. The van der Waals surface area contributed by atoms with Gasteiger partial charge in [-0.05, 0) is 0 Å². The SMILES string of the molecule is CC1CN([C@@H]2O[C@H](CO)C[C@H]2O)C(=O)NC1=O. The van der Waals surface area contributed by atoms with E-state index in [2.05, 4.69) is 5.32 Å². The van der Waals surface area contributed by atoms with Crippen LogP contribution >= 0.6 is 0 Å². The lowest BCUT2D eigenvalue weighted by atomic mass is 10.1. The van der Waals surface area contributed by atoms with E-state index in [4.69, 9.17) is 9.84 Å². The summed E-state index contributed by atoms with van der Waals surface area (Å²) in [5, 5.41) is 20.9. The van der Waals surface area contributed by atoms with E-state index in [1.165, 1.54) is 4.90 Å². The number of aliphatic hydroxyl groups is 2. The molecule has 96 valence electrons. The van der Waals surface area contributed by atoms with E-state index in [1.807, 2.05) is 0 Å². The van der Waals surface area contributed by atoms with Gasteiger partial charge in [0.05, 0.1) is 18.6 Å². The highest BCUT2D eigenvalue weighted by molar-refractivity contribution is 5.97. The molecule has 0 aromatic carbocycles. The first kappa shape index (κ1) is 12.3. The first-order valence-corrected chi connectivity index (χ1v) is 5.58. The number of carbonyl (C=O) groups excluding carboxylic acids is 2. The minimum atomic E-state index is -0.835. The smallest absolute Gasteiger partial charge is 0.326 e. The number of aliphatic hydroxyl groups excluding tert-OH is 2. The molecule has 0 aromatic rings. The van der Waals surface area contributed by atoms with Crippen molar-refractivity contribution in [2.45, 2.75) is 31.8 Å². The Morgan fingerprint density at radius 3 is 2.82 bits per heavy atom. The topological polar surface area (TPSA) is 99.1 Å². The van der Waals surface area contributed by atoms with Crippen LogP contribution in [0, 0.1) is 5.92 Å². The molecule has 0 aromatic heterocycles. The average molecular weight is 244 g/mol. The molecule has 4 atom stereocenters. The van der Waals surface area contributed by atoms with Gasteiger partial charge in [0.2, 0.25) is 5.91 Å². The third-order valence-electron chi connectivity index (χ3n) is 3.09. The maximum Gasteiger partial charge on any atom is 0.326 e. The van der Waals surface area contributed by atoms with E-state index in [0.29, 0.717) is 0 Å². The lowest BCUT2D eigenvalue weighted by Crippen LogP contribution is -2.59. The van der Waals surface area contributed by atoms with Crippen molar-refractivity contribution in [3.05, 3.63) is 0 Å². The summed E-state index contributed by atoms with van der Waals surface area (Å²) < 4.78 is 5.37. The molecule has 2 fully saturated rings. The second-order valence-electron chi connectivity index (χ2n) is 4.48. The summed E-state index contributed by atoms with van der Waals surface area (Å²) in [5.74, 6) is -0.658. The molecule has 0 saturated carbocycles. The maximum absolute atomic E-state index is 11.6. The zero-order valence-corrected chi connectivity index (χ0v) is 9.50. The molecule has 7 heteroatoms. The van der Waals surface area contributed by atoms with Gasteiger partial charge in [-0.2, -0.15) is 0 Å². The minimum absolute atomic E-state index is 0.197. The predicted octanol–water partition coefficient (Wildman–Crippen LogP) is -1.36. The number of urea groups is 1. The van der Waals surface area contributed by atoms with E-state index < -0.39 is 24.5 Å². The van der Waals surface area contributed by atoms with Crippen LogP contribution in [0.1, 0.15) is 13.3 Å². The van der Waals surface area contributed by atoms with E-state index >= 15 is 0 Å². The molecule has 3 amide bonds. The summed E-state index contributed by atoms with van der Waals surface area (Å²) in [6.45, 7) is 1.71. The van der Waals surface area contributed by atoms with Crippen LogP contribution in [0.15, 0.2) is 0 Å². The number of nitrogens with zero attached hydrogens (tertiary/aromatic N) is 1. The lowest BCUT2D eigenvalue weighted by molar-refractivity contribution is -0.130. The molecule has 2 aliphatic heterocycles. The van der Waals surface area contributed by atoms with Crippen LogP contribution < -0.4 is 5.32 Å². The van der Waals surface area contributed by atoms with Crippen molar-refractivity contribution in [2.24, 2.45) is 5.92 Å². The summed E-state index contributed by atoms with van der Waals surface area (Å²) in [6, 6.07) is -0.560. The van der Waals surface area contributed by atoms with Crippen molar-refractivity contribution < 1.29 is 24.5 Å². The largest absolute Gasteiger partial charge is 0.394 e. The maximum atomic E-state index is 11.6. The average Bonchev–Trinajstić information content (AvgIpc) is 2.65. The highest BCUT2D eigenvalue weighted by Crippen LogP contribution is 2.25. The summed E-state index contributed by atoms with van der Waals surface area (Å²) in [6.07, 6.45) is -1.80. The Balaban J connectivity index is 2.07. The number of hydrogen-bond donors (Lipinski definition) is 3. The Morgan fingerprint density at radius 1 is 1.53 bits per heavy atom. The van der Waals surface area contributed by atoms with E-state index in [1.54, 1.807) is 6.92 Å². The third-order valence-corrected chi connectivity index (χ3v) is 3.09. The van der Waals surface area contributed by atoms with Gasteiger partial charge in [-0.1, -0.05) is 6.92 Å². The van der Waals surface area contributed by atoms with Crippen LogP contribution in [-0.4, -0.2) is 58.6 Å². The fraction of sp³-hybridized carbons (Fsp3) is 0.800. The minimum Gasteiger partial charge on any atom is -0.394 e. The predicted molar refractivity (Wildman–Crippen MR) is 55.8 cm³/mol. The van der Waals surface area contributed by atoms with Crippen molar-refractivity contribution in [1.29, 1.82) is 0 Å². The van der Waals surface area contributed by atoms with Crippen LogP contribution in [0.25, 0.3) is 0 Å². The van der Waals surface area contributed by atoms with E-state index in [0.717, 1.165) is 0 Å². The molecule has 1 unspecified atom stereocenters. The van der Waals surface area contributed by atoms with Crippen molar-refractivity contribution in [3.8, 4) is 0 Å². The van der Waals surface area contributed by atoms with Gasteiger partial charge in [-0.15, -0.1) is 0 Å². The van der Waals surface area contributed by atoms with Gasteiger partial charge in [-0.3, -0.25) is 15.0 Å². The first-order valence-electron chi connectivity index (χ1n) is 5.58. The van der Waals surface area contributed by atoms with Crippen LogP contribution in [0.2, 0.25) is 0 Å². The van der Waals surface area contributed by atoms with Crippen LogP contribution in [-0.2, 0) is 9.53 Å². The summed E-state index contributed by atoms with van der Waals surface area (Å²) in [4.78, 5) is 24.2. The molecule has 2 heterocycles. The Kier molecular flexibility index (Phi) is 3.32. The molecule has 2 rings (SSSR count). The monoisotopic (exact) mass is 244 g/mol. The van der Waals surface area contributed by atoms with Crippen molar-refractivity contribution in [1.82, 2.24) is 10.2 Å². The van der Waals surface area contributed by atoms with Crippen LogP contribution in [0.3, 0.4) is 0 Å². The normalized spacial score (nSPS) is 38.4. The molecule has 2 aliphatic rings. The number of carbonyl (C=O) groups is 2. The second-order valence-corrected chi connectivity index (χ2v) is 4.48. The zero-order valence-electron chi connectivity index (χ0n) is 9.50. The molecule has 17 heavy (non-hydrogen) atoms. The number of imide groups is 1. The van der Waals surface area contributed by atoms with E-state index in [9.17, 15) is 14.7 Å². The fourth-order valence-corrected chi connectivity index (χ4v) is 2.11. The van der Waals surface area contributed by atoms with Crippen molar-refractivity contribution in [3.63, 3.8) is 0 Å². The molecule has 7 nitrogen and oxygen atoms in total. The third kappa shape index (κ3) is 2.26. The highest BCUT2D eigenvalue weighted by Gasteiger charge is 2.43. The summed E-state index contributed by atoms with van der Waals surface area (Å²) >= 11 is 0. The molecule has 0 spiro atoms. The van der Waals surface area contributed by atoms with Crippen LogP contribution in [0.4, 0.5) is 4.79 Å². The van der Waals surface area contributed by atoms with Crippen molar-refractivity contribution in [2.75, 3.05) is 13.2 Å². The van der Waals surface area contributed by atoms with Gasteiger partial charge in [-0.25, -0.2) is 4.79 Å². The number of hydrogen-bond acceptors (Lipinski definition) is 5. The van der Waals surface area contributed by atoms with Crippen molar-refractivity contribution >= 4 is 11.9 Å². The Labute approximate surface area is 98.3 Å². The Bertz CT molecular complexity index is 335. The standard InChI is InChI=1S/C10H16N2O5/c1-5-3-12(10(16)11-8(5)15)9-7(14)2-6(4-13)17-9/h5-7,9,13-14H,2-4H2,1H3,(H,11,15,16)/t5?,6-,7+,9+/m0/s1. The van der Waals surface area contributed by atoms with Gasteiger partial charge in [0.25, 0.3) is 0 Å². The Hall–Kier alpha value is -1.18. The molecule has 0 radical (unpaired) electrons. The number of nitrogens with one attached hydrogen (secondary N) is 1. The number of ether oxygens (including phenoxy) is 1. The number of rotatable bonds is 2. The van der Waals surface area contributed by atoms with Gasteiger partial charge >= 0.3 is 6.03 Å². The Morgan fingerprint density at radius 2 is 2.24 bits per heavy atom. The summed E-state index contributed by atoms with van der Waals surface area (Å²) in [5.41, 5.74) is 0. The molecular weight excluding hydrogens is 228 g/mol. The van der Waals surface area contributed by atoms with Crippen LogP contribution in [0.5, 0.6) is 0 Å². The zero-order chi connectivity index (χ0) is 12.6. The van der Waals surface area contributed by atoms with Gasteiger partial charge in [0.15, 0.2) is 6.23 Å². The molecular formula is C10H16N2O5. The second kappa shape index (κ2) is 4.59. The molecule has 0 aliphatic carbocycles. The lowest BCUT2D eigenvalue weighted by Gasteiger charge is -2.35. The first-order chi connectivity index (χ1) is 8.02. The van der Waals surface area contributed by atoms with E-state index in [-0.39, 0.29) is 31.4 Å². The van der Waals surface area contributed by atoms with Gasteiger partial charge in [0.1, 0.15) is 6.10 Å². The molecule has 2 saturated heterocycles.